The number of thioether (sulfide) groups is 1. The van der Waals surface area contributed by atoms with Crippen LogP contribution in [-0.2, 0) is 14.3 Å². The molecule has 0 radical (unpaired) electrons. The molecule has 10 heteroatoms. The van der Waals surface area contributed by atoms with Gasteiger partial charge < -0.3 is 19.1 Å². The number of halogens is 1. The molecule has 0 atom stereocenters. The molecule has 1 aromatic rings. The molecule has 2 aliphatic rings. The van der Waals surface area contributed by atoms with E-state index in [1.54, 1.807) is 17.0 Å². The van der Waals surface area contributed by atoms with E-state index in [1.807, 2.05) is 6.92 Å². The summed E-state index contributed by atoms with van der Waals surface area (Å²) in [5, 5.41) is -0.140. The standard InChI is InChI=1S/C19H21ClN2O6S/c1-3-28-15-8-12(13(20)10-14(15)26-2)9-16-18(24)22(19(25)29-16)11-17(23)21-4-6-27-7-5-21/h8-10H,3-7,11H2,1-2H3/b16-9+. The third kappa shape index (κ3) is 4.85. The molecule has 1 aromatic carbocycles. The smallest absolute Gasteiger partial charge is 0.294 e. The van der Waals surface area contributed by atoms with Crippen molar-refractivity contribution in [2.75, 3.05) is 46.6 Å². The number of nitrogens with zero attached hydrogens (tertiary/aromatic N) is 2. The second-order valence-corrected chi connectivity index (χ2v) is 7.62. The van der Waals surface area contributed by atoms with Gasteiger partial charge in [-0.3, -0.25) is 19.3 Å². The molecular weight excluding hydrogens is 420 g/mol. The normalized spacial score (nSPS) is 18.5. The molecule has 0 N–H and O–H groups in total. The van der Waals surface area contributed by atoms with Crippen LogP contribution in [0.25, 0.3) is 6.08 Å². The summed E-state index contributed by atoms with van der Waals surface area (Å²) in [6.07, 6.45) is 1.52. The zero-order chi connectivity index (χ0) is 21.0. The lowest BCUT2D eigenvalue weighted by atomic mass is 10.1. The number of carbonyl (C=O) groups excluding carboxylic acids is 3. The Balaban J connectivity index is 1.79. The predicted molar refractivity (Wildman–Crippen MR) is 109 cm³/mol. The SMILES string of the molecule is CCOc1cc(/C=C2/SC(=O)N(CC(=O)N3CCOCC3)C2=O)c(Cl)cc1OC. The monoisotopic (exact) mass is 440 g/mol. The zero-order valence-corrected chi connectivity index (χ0v) is 17.7. The van der Waals surface area contributed by atoms with Crippen LogP contribution in [0.5, 0.6) is 11.5 Å². The second-order valence-electron chi connectivity index (χ2n) is 6.22. The maximum absolute atomic E-state index is 12.7. The zero-order valence-electron chi connectivity index (χ0n) is 16.1. The Kier molecular flexibility index (Phi) is 7.05. The highest BCUT2D eigenvalue weighted by Crippen LogP contribution is 2.37. The van der Waals surface area contributed by atoms with Crippen LogP contribution in [0.1, 0.15) is 12.5 Å². The topological polar surface area (TPSA) is 85.4 Å². The predicted octanol–water partition coefficient (Wildman–Crippen LogP) is 2.64. The van der Waals surface area contributed by atoms with Crippen molar-refractivity contribution in [1.29, 1.82) is 0 Å². The first-order valence-electron chi connectivity index (χ1n) is 9.05. The Bertz CT molecular complexity index is 853. The number of imide groups is 1. The minimum atomic E-state index is -0.522. The summed E-state index contributed by atoms with van der Waals surface area (Å²) in [4.78, 5) is 40.1. The average Bonchev–Trinajstić information content (AvgIpc) is 2.98. The molecule has 156 valence electrons. The van der Waals surface area contributed by atoms with Gasteiger partial charge in [-0.25, -0.2) is 0 Å². The van der Waals surface area contributed by atoms with Gasteiger partial charge >= 0.3 is 0 Å². The van der Waals surface area contributed by atoms with Crippen molar-refractivity contribution in [2.45, 2.75) is 6.92 Å². The summed E-state index contributed by atoms with van der Waals surface area (Å²) < 4.78 is 16.0. The third-order valence-electron chi connectivity index (χ3n) is 4.40. The van der Waals surface area contributed by atoms with Crippen molar-refractivity contribution in [3.8, 4) is 11.5 Å². The molecule has 2 heterocycles. The fourth-order valence-electron chi connectivity index (χ4n) is 2.91. The van der Waals surface area contributed by atoms with Gasteiger partial charge in [-0.05, 0) is 36.4 Å². The molecule has 2 saturated heterocycles. The molecule has 3 amide bonds. The maximum atomic E-state index is 12.7. The summed E-state index contributed by atoms with van der Waals surface area (Å²) in [7, 11) is 1.50. The molecule has 0 aromatic heterocycles. The highest BCUT2D eigenvalue weighted by Gasteiger charge is 2.37. The van der Waals surface area contributed by atoms with Crippen LogP contribution in [0.4, 0.5) is 4.79 Å². The Labute approximate surface area is 177 Å². The molecule has 2 aliphatic heterocycles. The van der Waals surface area contributed by atoms with Gasteiger partial charge in [-0.2, -0.15) is 0 Å². The Morgan fingerprint density at radius 2 is 2.00 bits per heavy atom. The van der Waals surface area contributed by atoms with Crippen molar-refractivity contribution in [2.24, 2.45) is 0 Å². The van der Waals surface area contributed by atoms with Crippen LogP contribution in [0.3, 0.4) is 0 Å². The first-order valence-corrected chi connectivity index (χ1v) is 10.2. The van der Waals surface area contributed by atoms with Crippen molar-refractivity contribution in [1.82, 2.24) is 9.80 Å². The van der Waals surface area contributed by atoms with E-state index in [1.165, 1.54) is 13.2 Å². The molecule has 2 fully saturated rings. The van der Waals surface area contributed by atoms with Crippen molar-refractivity contribution in [3.05, 3.63) is 27.6 Å². The van der Waals surface area contributed by atoms with E-state index in [0.717, 1.165) is 16.7 Å². The van der Waals surface area contributed by atoms with Crippen LogP contribution in [0.2, 0.25) is 5.02 Å². The number of rotatable bonds is 6. The van der Waals surface area contributed by atoms with Gasteiger partial charge in [-0.1, -0.05) is 11.6 Å². The number of methoxy groups -OCH3 is 1. The van der Waals surface area contributed by atoms with E-state index in [4.69, 9.17) is 25.8 Å². The summed E-state index contributed by atoms with van der Waals surface area (Å²) in [5.74, 6) is 0.148. The Morgan fingerprint density at radius 3 is 2.66 bits per heavy atom. The average molecular weight is 441 g/mol. The van der Waals surface area contributed by atoms with Crippen molar-refractivity contribution < 1.29 is 28.6 Å². The molecule has 29 heavy (non-hydrogen) atoms. The van der Waals surface area contributed by atoms with Gasteiger partial charge in [0.25, 0.3) is 11.1 Å². The van der Waals surface area contributed by atoms with E-state index in [9.17, 15) is 14.4 Å². The highest BCUT2D eigenvalue weighted by molar-refractivity contribution is 8.18. The number of hydrogen-bond acceptors (Lipinski definition) is 7. The highest BCUT2D eigenvalue weighted by atomic mass is 35.5. The number of amides is 3. The van der Waals surface area contributed by atoms with Crippen LogP contribution in [-0.4, -0.2) is 73.4 Å². The minimum Gasteiger partial charge on any atom is -0.493 e. The van der Waals surface area contributed by atoms with Gasteiger partial charge in [0.15, 0.2) is 11.5 Å². The molecule has 0 spiro atoms. The van der Waals surface area contributed by atoms with Crippen LogP contribution in [0.15, 0.2) is 17.0 Å². The number of morpholine rings is 1. The molecule has 8 nitrogen and oxygen atoms in total. The van der Waals surface area contributed by atoms with Crippen LogP contribution >= 0.6 is 23.4 Å². The van der Waals surface area contributed by atoms with Gasteiger partial charge in [-0.15, -0.1) is 0 Å². The fraction of sp³-hybridized carbons (Fsp3) is 0.421. The third-order valence-corrected chi connectivity index (χ3v) is 5.63. The van der Waals surface area contributed by atoms with E-state index >= 15 is 0 Å². The molecule has 0 unspecified atom stereocenters. The van der Waals surface area contributed by atoms with E-state index in [0.29, 0.717) is 55.0 Å². The minimum absolute atomic E-state index is 0.194. The van der Waals surface area contributed by atoms with Crippen molar-refractivity contribution in [3.63, 3.8) is 0 Å². The lowest BCUT2D eigenvalue weighted by Crippen LogP contribution is -2.46. The molecule has 0 aliphatic carbocycles. The van der Waals surface area contributed by atoms with Gasteiger partial charge in [0.1, 0.15) is 6.54 Å². The first-order chi connectivity index (χ1) is 13.9. The van der Waals surface area contributed by atoms with E-state index < -0.39 is 11.1 Å². The molecular formula is C19H21ClN2O6S. The molecule has 0 bridgehead atoms. The Morgan fingerprint density at radius 1 is 1.28 bits per heavy atom. The summed E-state index contributed by atoms with van der Waals surface area (Å²) in [6, 6.07) is 3.24. The summed E-state index contributed by atoms with van der Waals surface area (Å²) >= 11 is 7.07. The van der Waals surface area contributed by atoms with Crippen LogP contribution in [0, 0.1) is 0 Å². The molecule has 0 saturated carbocycles. The first kappa shape index (κ1) is 21.5. The quantitative estimate of drug-likeness (QED) is 0.628. The van der Waals surface area contributed by atoms with E-state index in [-0.39, 0.29) is 17.4 Å². The number of ether oxygens (including phenoxy) is 3. The fourth-order valence-corrected chi connectivity index (χ4v) is 3.95. The number of carbonyl (C=O) groups is 3. The van der Waals surface area contributed by atoms with Crippen molar-refractivity contribution >= 4 is 46.5 Å². The van der Waals surface area contributed by atoms with E-state index in [2.05, 4.69) is 0 Å². The van der Waals surface area contributed by atoms with Crippen LogP contribution < -0.4 is 9.47 Å². The number of hydrogen-bond donors (Lipinski definition) is 0. The van der Waals surface area contributed by atoms with Gasteiger partial charge in [0.2, 0.25) is 5.91 Å². The van der Waals surface area contributed by atoms with Gasteiger partial charge in [0, 0.05) is 19.2 Å². The summed E-state index contributed by atoms with van der Waals surface area (Å²) in [6.45, 7) is 3.78. The van der Waals surface area contributed by atoms with Gasteiger partial charge in [0.05, 0.1) is 36.9 Å². The lowest BCUT2D eigenvalue weighted by Gasteiger charge is -2.28. The maximum Gasteiger partial charge on any atom is 0.294 e. The lowest BCUT2D eigenvalue weighted by molar-refractivity contribution is -0.139. The summed E-state index contributed by atoms with van der Waals surface area (Å²) in [5.41, 5.74) is 0.515. The Hall–Kier alpha value is -2.23. The second kappa shape index (κ2) is 9.51. The molecule has 3 rings (SSSR count). The number of benzene rings is 1. The largest absolute Gasteiger partial charge is 0.493 e.